The first kappa shape index (κ1) is 21.5. The third kappa shape index (κ3) is 3.20. The fourth-order valence-corrected chi connectivity index (χ4v) is 5.58. The predicted octanol–water partition coefficient (Wildman–Crippen LogP) is 3.71. The molecule has 0 aromatic heterocycles. The summed E-state index contributed by atoms with van der Waals surface area (Å²) in [6.45, 7) is 0.475. The summed E-state index contributed by atoms with van der Waals surface area (Å²) < 4.78 is 40.3. The maximum Gasteiger partial charge on any atom is 0.416 e. The van der Waals surface area contributed by atoms with E-state index in [2.05, 4.69) is 5.32 Å². The van der Waals surface area contributed by atoms with Crippen LogP contribution in [-0.4, -0.2) is 42.4 Å². The molecule has 2 fully saturated rings. The quantitative estimate of drug-likeness (QED) is 0.663. The molecular weight excluding hydrogens is 435 g/mol. The largest absolute Gasteiger partial charge is 0.416 e. The van der Waals surface area contributed by atoms with Crippen LogP contribution in [0.5, 0.6) is 0 Å². The molecule has 5 rings (SSSR count). The molecule has 1 N–H and O–H groups in total. The Hall–Kier alpha value is -3.36. The van der Waals surface area contributed by atoms with Crippen molar-refractivity contribution in [1.82, 2.24) is 10.2 Å². The van der Waals surface area contributed by atoms with Gasteiger partial charge in [0.2, 0.25) is 11.8 Å². The van der Waals surface area contributed by atoms with Crippen molar-refractivity contribution in [3.63, 3.8) is 0 Å². The number of carbonyl (C=O) groups is 3. The average Bonchev–Trinajstić information content (AvgIpc) is 2.80. The van der Waals surface area contributed by atoms with Crippen molar-refractivity contribution < 1.29 is 27.6 Å². The predicted molar refractivity (Wildman–Crippen MR) is 113 cm³/mol. The van der Waals surface area contributed by atoms with Crippen LogP contribution in [-0.2, 0) is 22.2 Å². The van der Waals surface area contributed by atoms with Gasteiger partial charge in [-0.25, -0.2) is 4.79 Å². The summed E-state index contributed by atoms with van der Waals surface area (Å²) in [7, 11) is 1.29. The molecule has 2 saturated heterocycles. The number of amides is 4. The van der Waals surface area contributed by atoms with E-state index in [4.69, 9.17) is 0 Å². The van der Waals surface area contributed by atoms with E-state index < -0.39 is 41.0 Å². The highest BCUT2D eigenvalue weighted by Gasteiger charge is 2.62. The van der Waals surface area contributed by atoms with E-state index in [1.54, 1.807) is 0 Å². The lowest BCUT2D eigenvalue weighted by molar-refractivity contribution is -0.153. The molecule has 0 aliphatic carbocycles. The van der Waals surface area contributed by atoms with Gasteiger partial charge in [0.15, 0.2) is 5.41 Å². The van der Waals surface area contributed by atoms with Gasteiger partial charge in [-0.05, 0) is 54.5 Å². The second kappa shape index (κ2) is 7.33. The average molecular weight is 457 g/mol. The maximum absolute atomic E-state index is 13.5. The molecule has 6 nitrogen and oxygen atoms in total. The van der Waals surface area contributed by atoms with Crippen LogP contribution in [0.15, 0.2) is 48.5 Å². The smallest absolute Gasteiger partial charge is 0.367 e. The van der Waals surface area contributed by atoms with Crippen LogP contribution in [0.2, 0.25) is 0 Å². The molecule has 172 valence electrons. The number of alkyl halides is 3. The number of barbiturate groups is 1. The monoisotopic (exact) mass is 457 g/mol. The Labute approximate surface area is 188 Å². The van der Waals surface area contributed by atoms with Crippen molar-refractivity contribution in [3.05, 3.63) is 65.2 Å². The number of piperidine rings is 1. The third-order valence-corrected chi connectivity index (χ3v) is 7.24. The number of imide groups is 2. The normalized spacial score (nSPS) is 27.3. The minimum Gasteiger partial charge on any atom is -0.367 e. The Balaban J connectivity index is 1.65. The van der Waals surface area contributed by atoms with E-state index in [0.717, 1.165) is 29.0 Å². The molecule has 3 aliphatic heterocycles. The first-order chi connectivity index (χ1) is 15.6. The van der Waals surface area contributed by atoms with E-state index in [9.17, 15) is 27.6 Å². The number of nitrogens with one attached hydrogen (secondary N) is 1. The SMILES string of the molecule is CN1C(=O)NC(=O)[C@]2(Cc3cc(C(F)(F)F)ccc3N3CC[C@H](c4ccccc4)C[C@@H]32)C1=O. The highest BCUT2D eigenvalue weighted by Crippen LogP contribution is 2.50. The molecule has 0 bridgehead atoms. The first-order valence-corrected chi connectivity index (χ1v) is 10.8. The number of rotatable bonds is 1. The van der Waals surface area contributed by atoms with Gasteiger partial charge in [0.25, 0.3) is 0 Å². The van der Waals surface area contributed by atoms with Gasteiger partial charge >= 0.3 is 12.2 Å². The highest BCUT2D eigenvalue weighted by atomic mass is 19.4. The van der Waals surface area contributed by atoms with E-state index in [0.29, 0.717) is 18.7 Å². The standard InChI is InChI=1S/C24H22F3N3O3/c1-29-21(32)23(20(31)28-22(29)33)13-16-11-17(24(25,26)27)7-8-18(16)30-10-9-15(12-19(23)30)14-5-3-2-4-6-14/h2-8,11,15,19H,9-10,12-13H2,1H3,(H,28,31,33)/t15-,19+,23+/m0/s1. The molecule has 33 heavy (non-hydrogen) atoms. The number of halogens is 3. The molecule has 3 atom stereocenters. The molecule has 3 aliphatic rings. The van der Waals surface area contributed by atoms with E-state index >= 15 is 0 Å². The van der Waals surface area contributed by atoms with Gasteiger partial charge in [-0.15, -0.1) is 0 Å². The van der Waals surface area contributed by atoms with Crippen molar-refractivity contribution in [3.8, 4) is 0 Å². The lowest BCUT2D eigenvalue weighted by atomic mass is 9.64. The molecular formula is C24H22F3N3O3. The number of carbonyl (C=O) groups excluding carboxylic acids is 3. The number of hydrogen-bond donors (Lipinski definition) is 1. The topological polar surface area (TPSA) is 69.7 Å². The molecule has 0 unspecified atom stereocenters. The summed E-state index contributed by atoms with van der Waals surface area (Å²) in [6.07, 6.45) is -3.56. The van der Waals surface area contributed by atoms with Crippen LogP contribution in [0.25, 0.3) is 0 Å². The molecule has 2 aromatic carbocycles. The lowest BCUT2D eigenvalue weighted by Gasteiger charge is -2.54. The minimum atomic E-state index is -4.55. The van der Waals surface area contributed by atoms with Crippen LogP contribution in [0, 0.1) is 5.41 Å². The van der Waals surface area contributed by atoms with E-state index in [-0.39, 0.29) is 17.9 Å². The fraction of sp³-hybridized carbons (Fsp3) is 0.375. The van der Waals surface area contributed by atoms with Gasteiger partial charge < -0.3 is 4.90 Å². The molecule has 2 aromatic rings. The van der Waals surface area contributed by atoms with Crippen molar-refractivity contribution in [2.75, 3.05) is 18.5 Å². The number of hydrogen-bond acceptors (Lipinski definition) is 4. The van der Waals surface area contributed by atoms with Gasteiger partial charge in [-0.1, -0.05) is 30.3 Å². The second-order valence-corrected chi connectivity index (χ2v) is 8.95. The number of nitrogens with zero attached hydrogens (tertiary/aromatic N) is 2. The van der Waals surface area contributed by atoms with Gasteiger partial charge in [0, 0.05) is 19.3 Å². The Morgan fingerprint density at radius 2 is 1.79 bits per heavy atom. The summed E-state index contributed by atoms with van der Waals surface area (Å²) in [5, 5.41) is 2.26. The molecule has 0 radical (unpaired) electrons. The van der Waals surface area contributed by atoms with E-state index in [1.807, 2.05) is 35.2 Å². The summed E-state index contributed by atoms with van der Waals surface area (Å²) in [5.41, 5.74) is -0.552. The molecule has 4 amide bonds. The van der Waals surface area contributed by atoms with Crippen LogP contribution < -0.4 is 10.2 Å². The minimum absolute atomic E-state index is 0.0730. The number of fused-ring (bicyclic) bond motifs is 4. The van der Waals surface area contributed by atoms with Gasteiger partial charge in [-0.3, -0.25) is 19.8 Å². The Bertz CT molecular complexity index is 1150. The summed E-state index contributed by atoms with van der Waals surface area (Å²) in [4.78, 5) is 41.7. The van der Waals surface area contributed by atoms with Crippen LogP contribution in [0.1, 0.15) is 35.4 Å². The van der Waals surface area contributed by atoms with Gasteiger partial charge in [0.05, 0.1) is 11.6 Å². The zero-order valence-electron chi connectivity index (χ0n) is 17.9. The Morgan fingerprint density at radius 3 is 2.48 bits per heavy atom. The third-order valence-electron chi connectivity index (χ3n) is 7.24. The zero-order valence-corrected chi connectivity index (χ0v) is 17.9. The molecule has 3 heterocycles. The van der Waals surface area contributed by atoms with Crippen LogP contribution in [0.4, 0.5) is 23.7 Å². The summed E-state index contributed by atoms with van der Waals surface area (Å²) >= 11 is 0. The maximum atomic E-state index is 13.5. The number of anilines is 1. The van der Waals surface area contributed by atoms with Crippen molar-refractivity contribution in [1.29, 1.82) is 0 Å². The highest BCUT2D eigenvalue weighted by molar-refractivity contribution is 6.20. The molecule has 0 saturated carbocycles. The Kier molecular flexibility index (Phi) is 4.77. The van der Waals surface area contributed by atoms with Crippen LogP contribution in [0.3, 0.4) is 0 Å². The zero-order chi connectivity index (χ0) is 23.5. The second-order valence-electron chi connectivity index (χ2n) is 8.95. The summed E-state index contributed by atoms with van der Waals surface area (Å²) in [5.74, 6) is -1.35. The van der Waals surface area contributed by atoms with Crippen molar-refractivity contribution in [2.24, 2.45) is 5.41 Å². The van der Waals surface area contributed by atoms with Crippen LogP contribution >= 0.6 is 0 Å². The van der Waals surface area contributed by atoms with Crippen molar-refractivity contribution >= 4 is 23.5 Å². The lowest BCUT2D eigenvalue weighted by Crippen LogP contribution is -2.72. The molecule has 1 spiro atoms. The fourth-order valence-electron chi connectivity index (χ4n) is 5.58. The van der Waals surface area contributed by atoms with E-state index in [1.165, 1.54) is 13.1 Å². The Morgan fingerprint density at radius 1 is 1.06 bits per heavy atom. The number of urea groups is 1. The number of benzene rings is 2. The molecule has 9 heteroatoms. The van der Waals surface area contributed by atoms with Gasteiger partial charge in [-0.2, -0.15) is 13.2 Å². The first-order valence-electron chi connectivity index (χ1n) is 10.8. The van der Waals surface area contributed by atoms with Gasteiger partial charge in [0.1, 0.15) is 0 Å². The summed E-state index contributed by atoms with van der Waals surface area (Å²) in [6, 6.07) is 11.8. The van der Waals surface area contributed by atoms with Crippen molar-refractivity contribution in [2.45, 2.75) is 37.4 Å².